The Labute approximate surface area is 150 Å². The van der Waals surface area contributed by atoms with Crippen LogP contribution in [0.2, 0.25) is 0 Å². The third-order valence-electron chi connectivity index (χ3n) is 8.79. The van der Waals surface area contributed by atoms with E-state index in [1.54, 1.807) is 0 Å². The van der Waals surface area contributed by atoms with Gasteiger partial charge in [-0.2, -0.15) is 0 Å². The van der Waals surface area contributed by atoms with Crippen molar-refractivity contribution in [1.82, 2.24) is 0 Å². The van der Waals surface area contributed by atoms with Crippen LogP contribution in [0.4, 0.5) is 0 Å². The molecule has 0 N–H and O–H groups in total. The van der Waals surface area contributed by atoms with Gasteiger partial charge in [-0.1, -0.05) is 13.8 Å². The summed E-state index contributed by atoms with van der Waals surface area (Å²) < 4.78 is 5.35. The number of carbonyl (C=O) groups excluding carboxylic acids is 3. The minimum absolute atomic E-state index is 0.0773. The number of hydrogen-bond donors (Lipinski definition) is 0. The van der Waals surface area contributed by atoms with E-state index in [1.165, 1.54) is 7.11 Å². The Bertz CT molecular complexity index is 640. The molecule has 4 aliphatic carbocycles. The molecule has 4 nitrogen and oxygen atoms in total. The van der Waals surface area contributed by atoms with E-state index in [0.717, 1.165) is 38.5 Å². The molecule has 6 atom stereocenters. The predicted octanol–water partition coefficient (Wildman–Crippen LogP) is 3.71. The maximum Gasteiger partial charge on any atom is 0.312 e. The second kappa shape index (κ2) is 5.40. The summed E-state index contributed by atoms with van der Waals surface area (Å²) in [6.45, 7) is 4.32. The van der Waals surface area contributed by atoms with Gasteiger partial charge < -0.3 is 4.74 Å². The summed E-state index contributed by atoms with van der Waals surface area (Å²) in [5, 5.41) is 0. The van der Waals surface area contributed by atoms with Gasteiger partial charge in [-0.25, -0.2) is 0 Å². The Hall–Kier alpha value is -1.19. The molecule has 138 valence electrons. The zero-order valence-electron chi connectivity index (χ0n) is 15.7. The quantitative estimate of drug-likeness (QED) is 0.679. The SMILES string of the molecule is COC(=O)[C@@]12CC[C@H]3C(=O)CCC[C@]3(C)[C@H]1CC[C@@]1(C)C(=O)CC[C@@H]21. The average Bonchev–Trinajstić information content (AvgIpc) is 2.89. The normalized spacial score (nSPS) is 49.2. The van der Waals surface area contributed by atoms with E-state index in [1.807, 2.05) is 0 Å². The van der Waals surface area contributed by atoms with E-state index in [-0.39, 0.29) is 34.6 Å². The number of carbonyl (C=O) groups is 3. The number of esters is 1. The minimum Gasteiger partial charge on any atom is -0.469 e. The smallest absolute Gasteiger partial charge is 0.312 e. The summed E-state index contributed by atoms with van der Waals surface area (Å²) in [5.41, 5.74) is -1.07. The van der Waals surface area contributed by atoms with Crippen molar-refractivity contribution in [2.24, 2.45) is 34.0 Å². The first-order valence-corrected chi connectivity index (χ1v) is 9.95. The Morgan fingerprint density at radius 2 is 1.76 bits per heavy atom. The second-order valence-electron chi connectivity index (χ2n) is 9.47. The molecule has 0 aliphatic heterocycles. The molecule has 4 aliphatic rings. The van der Waals surface area contributed by atoms with Gasteiger partial charge in [0.2, 0.25) is 0 Å². The van der Waals surface area contributed by atoms with Gasteiger partial charge in [-0.05, 0) is 62.2 Å². The fraction of sp³-hybridized carbons (Fsp3) is 0.857. The monoisotopic (exact) mass is 346 g/mol. The molecule has 0 radical (unpaired) electrons. The number of rotatable bonds is 1. The molecule has 0 aromatic heterocycles. The predicted molar refractivity (Wildman–Crippen MR) is 92.7 cm³/mol. The highest BCUT2D eigenvalue weighted by atomic mass is 16.5. The summed E-state index contributed by atoms with van der Waals surface area (Å²) >= 11 is 0. The van der Waals surface area contributed by atoms with E-state index in [0.29, 0.717) is 30.8 Å². The van der Waals surface area contributed by atoms with Gasteiger partial charge in [-0.15, -0.1) is 0 Å². The number of Topliss-reactive ketones (excluding diaryl/α,β-unsaturated/α-hetero) is 2. The molecule has 4 rings (SSSR count). The van der Waals surface area contributed by atoms with Crippen LogP contribution in [-0.4, -0.2) is 24.6 Å². The molecular weight excluding hydrogens is 316 g/mol. The van der Waals surface area contributed by atoms with Crippen molar-refractivity contribution < 1.29 is 19.1 Å². The van der Waals surface area contributed by atoms with Crippen LogP contribution in [0.3, 0.4) is 0 Å². The van der Waals surface area contributed by atoms with Crippen LogP contribution in [0.5, 0.6) is 0 Å². The van der Waals surface area contributed by atoms with Crippen molar-refractivity contribution in [3.63, 3.8) is 0 Å². The van der Waals surface area contributed by atoms with Crippen molar-refractivity contribution in [3.05, 3.63) is 0 Å². The zero-order valence-corrected chi connectivity index (χ0v) is 15.7. The molecule has 0 heterocycles. The van der Waals surface area contributed by atoms with E-state index in [4.69, 9.17) is 4.74 Å². The van der Waals surface area contributed by atoms with Crippen LogP contribution < -0.4 is 0 Å². The lowest BCUT2D eigenvalue weighted by molar-refractivity contribution is -0.201. The largest absolute Gasteiger partial charge is 0.469 e. The van der Waals surface area contributed by atoms with Crippen LogP contribution in [0, 0.1) is 34.0 Å². The lowest BCUT2D eigenvalue weighted by Gasteiger charge is -2.63. The van der Waals surface area contributed by atoms with Crippen LogP contribution >= 0.6 is 0 Å². The molecule has 0 aromatic rings. The van der Waals surface area contributed by atoms with Crippen molar-refractivity contribution in [3.8, 4) is 0 Å². The Balaban J connectivity index is 1.84. The number of hydrogen-bond acceptors (Lipinski definition) is 4. The van der Waals surface area contributed by atoms with E-state index in [2.05, 4.69) is 13.8 Å². The highest BCUT2D eigenvalue weighted by Crippen LogP contribution is 2.70. The number of ketones is 2. The molecule has 4 heteroatoms. The highest BCUT2D eigenvalue weighted by Gasteiger charge is 2.70. The molecule has 0 bridgehead atoms. The van der Waals surface area contributed by atoms with Crippen molar-refractivity contribution in [2.75, 3.05) is 7.11 Å². The second-order valence-corrected chi connectivity index (χ2v) is 9.47. The van der Waals surface area contributed by atoms with Gasteiger partial charge in [0.25, 0.3) is 0 Å². The van der Waals surface area contributed by atoms with Crippen LogP contribution in [0.1, 0.15) is 71.6 Å². The van der Waals surface area contributed by atoms with Gasteiger partial charge in [0.15, 0.2) is 0 Å². The molecule has 0 unspecified atom stereocenters. The molecule has 4 fully saturated rings. The van der Waals surface area contributed by atoms with Gasteiger partial charge in [0.1, 0.15) is 11.6 Å². The lowest BCUT2D eigenvalue weighted by Crippen LogP contribution is -2.63. The zero-order chi connectivity index (χ0) is 18.0. The van der Waals surface area contributed by atoms with E-state index >= 15 is 0 Å². The Morgan fingerprint density at radius 1 is 1.00 bits per heavy atom. The third-order valence-corrected chi connectivity index (χ3v) is 8.79. The molecule has 0 spiro atoms. The first-order valence-electron chi connectivity index (χ1n) is 9.95. The minimum atomic E-state index is -0.573. The molecule has 0 aromatic carbocycles. The maximum atomic E-state index is 13.2. The molecule has 0 saturated heterocycles. The van der Waals surface area contributed by atoms with Gasteiger partial charge >= 0.3 is 5.97 Å². The number of ether oxygens (including phenoxy) is 1. The molecule has 4 saturated carbocycles. The summed E-state index contributed by atoms with van der Waals surface area (Å²) in [6.07, 6.45) is 7.25. The highest BCUT2D eigenvalue weighted by molar-refractivity contribution is 5.90. The summed E-state index contributed by atoms with van der Waals surface area (Å²) in [7, 11) is 1.48. The first kappa shape index (κ1) is 17.2. The third kappa shape index (κ3) is 1.97. The van der Waals surface area contributed by atoms with E-state index in [9.17, 15) is 14.4 Å². The average molecular weight is 346 g/mol. The van der Waals surface area contributed by atoms with Gasteiger partial charge in [-0.3, -0.25) is 14.4 Å². The summed E-state index contributed by atoms with van der Waals surface area (Å²) in [5.74, 6) is 0.925. The van der Waals surface area contributed by atoms with Crippen LogP contribution in [0.15, 0.2) is 0 Å². The molecule has 0 amide bonds. The fourth-order valence-electron chi connectivity index (χ4n) is 7.65. The standard InChI is InChI=1S/C21H30O4/c1-19-10-4-5-14(22)13(19)8-12-21(18(24)25-3)15-6-7-17(23)20(15,2)11-9-16(19)21/h13,15-16H,4-12H2,1-3H3/t13-,15+,16+,19-,20+,21+/m0/s1. The topological polar surface area (TPSA) is 60.4 Å². The molecular formula is C21H30O4. The fourth-order valence-corrected chi connectivity index (χ4v) is 7.65. The van der Waals surface area contributed by atoms with Gasteiger partial charge in [0.05, 0.1) is 12.5 Å². The van der Waals surface area contributed by atoms with Crippen molar-refractivity contribution in [1.29, 1.82) is 0 Å². The summed E-state index contributed by atoms with van der Waals surface area (Å²) in [6, 6.07) is 0. The Morgan fingerprint density at radius 3 is 2.48 bits per heavy atom. The molecule has 25 heavy (non-hydrogen) atoms. The van der Waals surface area contributed by atoms with Crippen LogP contribution in [-0.2, 0) is 19.1 Å². The summed E-state index contributed by atoms with van der Waals surface area (Å²) in [4.78, 5) is 38.5. The maximum absolute atomic E-state index is 13.2. The van der Waals surface area contributed by atoms with Gasteiger partial charge in [0, 0.05) is 24.2 Å². The van der Waals surface area contributed by atoms with Crippen molar-refractivity contribution in [2.45, 2.75) is 71.6 Å². The first-order chi connectivity index (χ1) is 11.8. The number of methoxy groups -OCH3 is 1. The lowest BCUT2D eigenvalue weighted by atomic mass is 9.39. The van der Waals surface area contributed by atoms with Crippen molar-refractivity contribution >= 4 is 17.5 Å². The Kier molecular flexibility index (Phi) is 3.73. The number of fused-ring (bicyclic) bond motifs is 5. The van der Waals surface area contributed by atoms with E-state index < -0.39 is 5.41 Å². The van der Waals surface area contributed by atoms with Crippen LogP contribution in [0.25, 0.3) is 0 Å².